The van der Waals surface area contributed by atoms with Crippen molar-refractivity contribution in [3.8, 4) is 11.5 Å². The monoisotopic (exact) mass is 303 g/mol. The fraction of sp³-hybridized carbons (Fsp3) is 0.438. The largest absolute Gasteiger partial charge is 0.504 e. The van der Waals surface area contributed by atoms with Crippen molar-refractivity contribution in [3.63, 3.8) is 0 Å². The summed E-state index contributed by atoms with van der Waals surface area (Å²) >= 11 is 0. The van der Waals surface area contributed by atoms with Crippen molar-refractivity contribution in [1.29, 1.82) is 0 Å². The van der Waals surface area contributed by atoms with E-state index in [9.17, 15) is 20.1 Å². The number of hydrogen-bond donors (Lipinski definition) is 3. The molecule has 3 N–H and O–H groups in total. The van der Waals surface area contributed by atoms with Gasteiger partial charge in [0.2, 0.25) is 0 Å². The first kappa shape index (κ1) is 13.6. The fourth-order valence-corrected chi connectivity index (χ4v) is 3.99. The number of aromatic hydroxyl groups is 2. The number of benzene rings is 1. The average Bonchev–Trinajstić information content (AvgIpc) is 2.83. The predicted octanol–water partition coefficient (Wildman–Crippen LogP) is 0.725. The van der Waals surface area contributed by atoms with Crippen molar-refractivity contribution in [1.82, 2.24) is 4.90 Å². The van der Waals surface area contributed by atoms with Crippen LogP contribution in [0.2, 0.25) is 0 Å². The van der Waals surface area contributed by atoms with Gasteiger partial charge in [0.25, 0.3) is 0 Å². The van der Waals surface area contributed by atoms with Gasteiger partial charge in [-0.1, -0.05) is 11.6 Å². The van der Waals surface area contributed by atoms with Crippen LogP contribution in [0, 0.1) is 0 Å². The maximum atomic E-state index is 12.2. The van der Waals surface area contributed by atoms with E-state index in [-0.39, 0.29) is 29.0 Å². The third-order valence-corrected chi connectivity index (χ3v) is 4.99. The molecule has 116 valence electrons. The molecule has 0 unspecified atom stereocenters. The molecule has 1 saturated heterocycles. The lowest BCUT2D eigenvalue weighted by Crippen LogP contribution is -2.50. The topological polar surface area (TPSA) is 90.2 Å². The second-order valence-electron chi connectivity index (χ2n) is 6.23. The number of carbonyl (C=O) groups excluding carboxylic acids is 1. The molecule has 22 heavy (non-hydrogen) atoms. The van der Waals surface area contributed by atoms with E-state index >= 15 is 0 Å². The lowest BCUT2D eigenvalue weighted by atomic mass is 9.74. The van der Waals surface area contributed by atoms with Gasteiger partial charge < -0.3 is 20.1 Å². The number of carbonyl (C=O) groups is 1. The third-order valence-electron chi connectivity index (χ3n) is 4.99. The Morgan fingerprint density at radius 2 is 2.00 bits per heavy atom. The Balaban J connectivity index is 1.92. The van der Waals surface area contributed by atoms with E-state index < -0.39 is 18.2 Å². The summed E-state index contributed by atoms with van der Waals surface area (Å²) in [7, 11) is 2.00. The van der Waals surface area contributed by atoms with Crippen LogP contribution in [0.15, 0.2) is 23.8 Å². The Morgan fingerprint density at radius 3 is 2.77 bits per heavy atom. The fourth-order valence-electron chi connectivity index (χ4n) is 3.99. The Morgan fingerprint density at radius 1 is 1.27 bits per heavy atom. The van der Waals surface area contributed by atoms with Crippen LogP contribution in [-0.4, -0.2) is 58.0 Å². The van der Waals surface area contributed by atoms with Gasteiger partial charge in [-0.05, 0) is 31.2 Å². The molecule has 2 heterocycles. The van der Waals surface area contributed by atoms with Gasteiger partial charge in [0, 0.05) is 18.5 Å². The number of phenols is 2. The van der Waals surface area contributed by atoms with Crippen molar-refractivity contribution in [2.75, 3.05) is 13.6 Å². The molecule has 2 aliphatic heterocycles. The second kappa shape index (κ2) is 4.47. The predicted molar refractivity (Wildman–Crippen MR) is 76.8 cm³/mol. The molecule has 4 rings (SSSR count). The summed E-state index contributed by atoms with van der Waals surface area (Å²) in [5.41, 5.74) is 2.01. The Kier molecular flexibility index (Phi) is 2.76. The minimum Gasteiger partial charge on any atom is -0.504 e. The zero-order valence-corrected chi connectivity index (χ0v) is 12.1. The van der Waals surface area contributed by atoms with Crippen molar-refractivity contribution in [3.05, 3.63) is 34.9 Å². The number of aliphatic hydroxyl groups is 1. The normalized spacial score (nSPS) is 33.5. The first-order chi connectivity index (χ1) is 10.5. The highest BCUT2D eigenvalue weighted by Gasteiger charge is 2.50. The molecular formula is C16H17NO5. The Bertz CT molecular complexity index is 698. The van der Waals surface area contributed by atoms with E-state index in [0.29, 0.717) is 5.56 Å². The number of ether oxygens (including phenoxy) is 1. The van der Waals surface area contributed by atoms with E-state index in [0.717, 1.165) is 18.5 Å². The summed E-state index contributed by atoms with van der Waals surface area (Å²) in [6.45, 7) is 0.875. The van der Waals surface area contributed by atoms with Crippen LogP contribution in [0.4, 0.5) is 0 Å². The molecule has 0 bridgehead atoms. The van der Waals surface area contributed by atoms with Crippen molar-refractivity contribution in [2.24, 2.45) is 0 Å². The summed E-state index contributed by atoms with van der Waals surface area (Å²) in [6, 6.07) is 2.69. The molecule has 6 heteroatoms. The lowest BCUT2D eigenvalue weighted by Gasteiger charge is -2.43. The molecule has 1 fully saturated rings. The lowest BCUT2D eigenvalue weighted by molar-refractivity contribution is -0.0337. The highest BCUT2D eigenvalue weighted by Crippen LogP contribution is 2.47. The SMILES string of the molecule is CN1CCC2=C[C@H](O)[C@H]3OC(=O)c4cc(O)c(O)cc4[C@H]3[C@@H]21. The molecule has 1 aromatic carbocycles. The minimum atomic E-state index is -0.851. The summed E-state index contributed by atoms with van der Waals surface area (Å²) in [5, 5.41) is 29.8. The van der Waals surface area contributed by atoms with E-state index in [1.54, 1.807) is 6.08 Å². The Hall–Kier alpha value is -2.05. The zero-order valence-electron chi connectivity index (χ0n) is 12.1. The standard InChI is InChI=1S/C16H17NO5/c1-17-3-2-7-4-12(20)15-13(14(7)17)8-5-10(18)11(19)6-9(8)16(21)22-15/h4-6,12-15,18-20H,2-3H2,1H3/t12-,13-,14+,15+/m0/s1. The van der Waals surface area contributed by atoms with Crippen LogP contribution < -0.4 is 0 Å². The van der Waals surface area contributed by atoms with Crippen LogP contribution in [0.5, 0.6) is 11.5 Å². The van der Waals surface area contributed by atoms with E-state index in [1.807, 2.05) is 7.05 Å². The zero-order chi connectivity index (χ0) is 15.6. The van der Waals surface area contributed by atoms with E-state index in [4.69, 9.17) is 4.74 Å². The number of aliphatic hydroxyl groups excluding tert-OH is 1. The van der Waals surface area contributed by atoms with Crippen LogP contribution >= 0.6 is 0 Å². The number of fused-ring (bicyclic) bond motifs is 5. The van der Waals surface area contributed by atoms with Gasteiger partial charge in [-0.2, -0.15) is 0 Å². The first-order valence-electron chi connectivity index (χ1n) is 7.33. The summed E-state index contributed by atoms with van der Waals surface area (Å²) in [5.74, 6) is -1.44. The van der Waals surface area contributed by atoms with E-state index in [2.05, 4.69) is 4.90 Å². The van der Waals surface area contributed by atoms with E-state index in [1.165, 1.54) is 12.1 Å². The van der Waals surface area contributed by atoms with Crippen LogP contribution in [0.1, 0.15) is 28.3 Å². The van der Waals surface area contributed by atoms with Gasteiger partial charge in [0.05, 0.1) is 5.56 Å². The molecule has 0 saturated carbocycles. The molecule has 4 atom stereocenters. The first-order valence-corrected chi connectivity index (χ1v) is 7.33. The summed E-state index contributed by atoms with van der Waals surface area (Å²) < 4.78 is 5.43. The molecule has 0 radical (unpaired) electrons. The Labute approximate surface area is 127 Å². The molecule has 6 nitrogen and oxygen atoms in total. The van der Waals surface area contributed by atoms with Gasteiger partial charge in [0.1, 0.15) is 12.2 Å². The molecule has 3 aliphatic rings. The van der Waals surface area contributed by atoms with Crippen molar-refractivity contribution in [2.45, 2.75) is 30.6 Å². The second-order valence-corrected chi connectivity index (χ2v) is 6.23. The van der Waals surface area contributed by atoms with Gasteiger partial charge in [-0.25, -0.2) is 4.79 Å². The molecule has 1 aromatic rings. The summed E-state index contributed by atoms with van der Waals surface area (Å²) in [6.07, 6.45) is 1.14. The molecule has 0 amide bonds. The van der Waals surface area contributed by atoms with Gasteiger partial charge >= 0.3 is 5.97 Å². The number of esters is 1. The highest BCUT2D eigenvalue weighted by molar-refractivity contribution is 5.94. The van der Waals surface area contributed by atoms with Gasteiger partial charge in [0.15, 0.2) is 11.5 Å². The maximum Gasteiger partial charge on any atom is 0.338 e. The smallest absolute Gasteiger partial charge is 0.338 e. The molecular weight excluding hydrogens is 286 g/mol. The van der Waals surface area contributed by atoms with Crippen molar-refractivity contribution >= 4 is 5.97 Å². The van der Waals surface area contributed by atoms with Gasteiger partial charge in [-0.3, -0.25) is 4.90 Å². The number of rotatable bonds is 0. The number of hydrogen-bond acceptors (Lipinski definition) is 6. The van der Waals surface area contributed by atoms with Crippen LogP contribution in [0.25, 0.3) is 0 Å². The third kappa shape index (κ3) is 1.71. The number of likely N-dealkylation sites (N-methyl/N-ethyl adjacent to an activating group) is 1. The average molecular weight is 303 g/mol. The molecule has 1 aliphatic carbocycles. The van der Waals surface area contributed by atoms with Crippen LogP contribution in [0.3, 0.4) is 0 Å². The quantitative estimate of drug-likeness (QED) is 0.372. The van der Waals surface area contributed by atoms with Crippen molar-refractivity contribution < 1.29 is 24.9 Å². The molecule has 0 aromatic heterocycles. The number of likely N-dealkylation sites (tertiary alicyclic amines) is 1. The minimum absolute atomic E-state index is 0.0317. The number of phenolic OH excluding ortho intramolecular Hbond substituents is 2. The summed E-state index contributed by atoms with van der Waals surface area (Å²) in [4.78, 5) is 14.3. The molecule has 0 spiro atoms. The highest BCUT2D eigenvalue weighted by atomic mass is 16.6. The van der Waals surface area contributed by atoms with Crippen LogP contribution in [-0.2, 0) is 4.74 Å². The number of nitrogens with zero attached hydrogens (tertiary/aromatic N) is 1. The maximum absolute atomic E-state index is 12.2. The van der Waals surface area contributed by atoms with Gasteiger partial charge in [-0.15, -0.1) is 0 Å².